The Morgan fingerprint density at radius 1 is 1.75 bits per heavy atom. The lowest BCUT2D eigenvalue weighted by atomic mass is 11.6. The van der Waals surface area contributed by atoms with Crippen LogP contribution in [0.15, 0.2) is 0 Å². The van der Waals surface area contributed by atoms with Gasteiger partial charge in [-0.05, 0) is 0 Å². The third-order valence-corrected chi connectivity index (χ3v) is 0. The Morgan fingerprint density at radius 3 is 1.75 bits per heavy atom. The summed E-state index contributed by atoms with van der Waals surface area (Å²) < 4.78 is 0. The molecule has 4 heavy (non-hydrogen) atoms. The summed E-state index contributed by atoms with van der Waals surface area (Å²) in [5.74, 6) is 0. The molecule has 0 bridgehead atoms. The van der Waals surface area contributed by atoms with E-state index in [1.54, 1.807) is 0 Å². The molecule has 0 saturated carbocycles. The van der Waals surface area contributed by atoms with E-state index in [1.165, 1.54) is 0 Å². The van der Waals surface area contributed by atoms with Crippen molar-refractivity contribution >= 4 is 30.1 Å². The van der Waals surface area contributed by atoms with Gasteiger partial charge in [-0.3, -0.25) is 0 Å². The van der Waals surface area contributed by atoms with E-state index in [4.69, 9.17) is 0 Å². The van der Waals surface area contributed by atoms with Crippen LogP contribution in [0.25, 0.3) is 0 Å². The van der Waals surface area contributed by atoms with Crippen LogP contribution in [0, 0.1) is 0 Å². The van der Waals surface area contributed by atoms with E-state index < -0.39 is 0 Å². The van der Waals surface area contributed by atoms with Crippen molar-refractivity contribution < 1.29 is 0 Å². The molecule has 0 aliphatic rings. The number of hydrogen-bond donors (Lipinski definition) is 1. The fourth-order valence-electron chi connectivity index (χ4n) is 0. The van der Waals surface area contributed by atoms with Crippen molar-refractivity contribution in [1.82, 2.24) is 0 Å². The van der Waals surface area contributed by atoms with Crippen molar-refractivity contribution in [3.63, 3.8) is 0 Å². The molecule has 0 aliphatic carbocycles. The summed E-state index contributed by atoms with van der Waals surface area (Å²) in [5, 5.41) is 0. The van der Waals surface area contributed by atoms with E-state index in [2.05, 4.69) is 18.0 Å². The Kier molecular flexibility index (Phi) is 24.1. The van der Waals surface area contributed by atoms with Crippen LogP contribution in [-0.4, -0.2) is 5.49 Å². The topological polar surface area (TPSA) is 26.0 Å². The van der Waals surface area contributed by atoms with Crippen LogP contribution in [0.2, 0.25) is 0 Å². The largest absolute Gasteiger partial charge is 0.396 e. The maximum Gasteiger partial charge on any atom is 0.0588 e. The highest BCUT2D eigenvalue weighted by atomic mass is 35.5. The quantitative estimate of drug-likeness (QED) is 0.441. The van der Waals surface area contributed by atoms with Gasteiger partial charge in [-0.15, -0.1) is 12.4 Å². The van der Waals surface area contributed by atoms with Gasteiger partial charge in [-0.2, -0.15) is 0 Å². The van der Waals surface area contributed by atoms with Gasteiger partial charge >= 0.3 is 0 Å². The van der Waals surface area contributed by atoms with Gasteiger partial charge in [0.15, 0.2) is 0 Å². The molecular weight excluding hydrogens is 93.5 g/mol. The van der Waals surface area contributed by atoms with E-state index in [1.807, 2.05) is 0 Å². The molecule has 0 spiro atoms. The molecule has 3 heteroatoms. The first-order chi connectivity index (χ1) is 1.41. The second-order valence-corrected chi connectivity index (χ2v) is 0.408. The predicted molar refractivity (Wildman–Crippen MR) is 25.1 cm³/mol. The average Bonchev–Trinajstić information content (AvgIpc) is 0.918. The molecule has 0 radical (unpaired) electrons. The van der Waals surface area contributed by atoms with E-state index in [0.29, 0.717) is 0 Å². The second-order valence-electron chi connectivity index (χ2n) is 0.136. The molecular formula is CH4ClNS. The Bertz CT molecular complexity index is 15.5. The maximum absolute atomic E-state index is 4.54. The fourth-order valence-corrected chi connectivity index (χ4v) is 0. The molecule has 0 aromatic heterocycles. The first kappa shape index (κ1) is 8.89. The number of halogens is 1. The van der Waals surface area contributed by atoms with Gasteiger partial charge in [-0.25, -0.2) is 0 Å². The molecule has 26 valence electrons. The van der Waals surface area contributed by atoms with E-state index in [9.17, 15) is 0 Å². The molecule has 2 N–H and O–H groups in total. The minimum Gasteiger partial charge on any atom is -0.396 e. The van der Waals surface area contributed by atoms with Crippen molar-refractivity contribution in [1.29, 1.82) is 0 Å². The normalized spacial score (nSPS) is 3.00. The summed E-state index contributed by atoms with van der Waals surface area (Å²) in [6.07, 6.45) is 0. The SMILES string of the molecule is Cl.NC=S. The van der Waals surface area contributed by atoms with Crippen LogP contribution in [0.3, 0.4) is 0 Å². The lowest BCUT2D eigenvalue weighted by Crippen LogP contribution is -1.79. The van der Waals surface area contributed by atoms with Gasteiger partial charge in [0.2, 0.25) is 0 Å². The molecule has 0 unspecified atom stereocenters. The zero-order valence-corrected chi connectivity index (χ0v) is 3.60. The zero-order valence-electron chi connectivity index (χ0n) is 1.97. The van der Waals surface area contributed by atoms with E-state index in [-0.39, 0.29) is 12.4 Å². The number of hydrogen-bond acceptors (Lipinski definition) is 1. The van der Waals surface area contributed by atoms with Crippen LogP contribution in [0.1, 0.15) is 0 Å². The Hall–Kier alpha value is 0.180. The van der Waals surface area contributed by atoms with Gasteiger partial charge in [0, 0.05) is 0 Å². The second kappa shape index (κ2) is 10.9. The number of nitrogens with two attached hydrogens (primary N) is 1. The number of rotatable bonds is 0. The van der Waals surface area contributed by atoms with Crippen molar-refractivity contribution in [2.24, 2.45) is 5.73 Å². The van der Waals surface area contributed by atoms with Gasteiger partial charge in [0.25, 0.3) is 0 Å². The predicted octanol–water partition coefficient (Wildman–Crippen LogP) is 0.324. The van der Waals surface area contributed by atoms with Gasteiger partial charge in [0.05, 0.1) is 5.49 Å². The van der Waals surface area contributed by atoms with Crippen LogP contribution in [-0.2, 0) is 0 Å². The molecule has 1 nitrogen and oxygen atoms in total. The van der Waals surface area contributed by atoms with Crippen LogP contribution in [0.4, 0.5) is 0 Å². The molecule has 0 aromatic rings. The Labute approximate surface area is 36.6 Å². The molecule has 0 saturated heterocycles. The van der Waals surface area contributed by atoms with Crippen molar-refractivity contribution in [3.05, 3.63) is 0 Å². The lowest BCUT2D eigenvalue weighted by molar-refractivity contribution is 1.93. The summed E-state index contributed by atoms with van der Waals surface area (Å²) in [6, 6.07) is 0. The molecule has 0 fully saturated rings. The summed E-state index contributed by atoms with van der Waals surface area (Å²) in [6.45, 7) is 0. The molecule has 0 rings (SSSR count). The van der Waals surface area contributed by atoms with Gasteiger partial charge in [0.1, 0.15) is 0 Å². The third-order valence-electron chi connectivity index (χ3n) is 0. The van der Waals surface area contributed by atoms with Gasteiger partial charge < -0.3 is 5.73 Å². The zero-order chi connectivity index (χ0) is 2.71. The first-order valence-corrected chi connectivity index (χ1v) is 1.04. The first-order valence-electron chi connectivity index (χ1n) is 0.569. The van der Waals surface area contributed by atoms with Crippen molar-refractivity contribution in [3.8, 4) is 0 Å². The molecule has 0 atom stereocenters. The monoisotopic (exact) mass is 97.0 g/mol. The van der Waals surface area contributed by atoms with Gasteiger partial charge in [-0.1, -0.05) is 12.2 Å². The standard InChI is InChI=1S/CH3NS.ClH/c2-1-3;/h1H,(H2,2,3);1H. The maximum atomic E-state index is 4.54. The smallest absolute Gasteiger partial charge is 0.0588 e. The highest BCUT2D eigenvalue weighted by Gasteiger charge is 1.13. The lowest BCUT2D eigenvalue weighted by Gasteiger charge is -1.36. The molecule has 0 aromatic carbocycles. The minimum atomic E-state index is 0. The highest BCUT2D eigenvalue weighted by Crippen LogP contribution is 1.16. The molecule has 0 amide bonds. The average molecular weight is 97.6 g/mol. The van der Waals surface area contributed by atoms with Crippen LogP contribution in [0.5, 0.6) is 0 Å². The van der Waals surface area contributed by atoms with Crippen LogP contribution < -0.4 is 5.73 Å². The van der Waals surface area contributed by atoms with E-state index >= 15 is 0 Å². The van der Waals surface area contributed by atoms with E-state index in [0.717, 1.165) is 5.49 Å². The number of thiocarbonyl (C=S) groups is 1. The summed E-state index contributed by atoms with van der Waals surface area (Å²) >= 11 is 4.05. The van der Waals surface area contributed by atoms with Crippen LogP contribution >= 0.6 is 24.6 Å². The minimum absolute atomic E-state index is 0. The Morgan fingerprint density at radius 2 is 1.75 bits per heavy atom. The third kappa shape index (κ3) is 93.7. The highest BCUT2D eigenvalue weighted by molar-refractivity contribution is 7.78. The van der Waals surface area contributed by atoms with Crippen molar-refractivity contribution in [2.75, 3.05) is 0 Å². The fraction of sp³-hybridized carbons (Fsp3) is 0. The summed E-state index contributed by atoms with van der Waals surface area (Å²) in [4.78, 5) is 0. The molecule has 0 heterocycles. The van der Waals surface area contributed by atoms with Crippen molar-refractivity contribution in [2.45, 2.75) is 0 Å². The summed E-state index contributed by atoms with van der Waals surface area (Å²) in [5.41, 5.74) is 5.62. The summed E-state index contributed by atoms with van der Waals surface area (Å²) in [7, 11) is 0. The Balaban J connectivity index is 0. The molecule has 0 aliphatic heterocycles.